The summed E-state index contributed by atoms with van der Waals surface area (Å²) >= 11 is 0. The van der Waals surface area contributed by atoms with Gasteiger partial charge in [-0.2, -0.15) is 0 Å². The Bertz CT molecular complexity index is 462. The first kappa shape index (κ1) is 11.7. The largest absolute Gasteiger partial charge is 0.462 e. The van der Waals surface area contributed by atoms with Gasteiger partial charge >= 0.3 is 5.97 Å². The Kier molecular flexibility index (Phi) is 3.19. The van der Waals surface area contributed by atoms with Gasteiger partial charge in [-0.3, -0.25) is 0 Å². The number of nitrogens with one attached hydrogen (secondary N) is 1. The third kappa shape index (κ3) is 2.06. The van der Waals surface area contributed by atoms with E-state index >= 15 is 0 Å². The molecule has 0 aliphatic carbocycles. The van der Waals surface area contributed by atoms with Crippen LogP contribution in [0.3, 0.4) is 0 Å². The lowest BCUT2D eigenvalue weighted by molar-refractivity contribution is -0.140. The maximum absolute atomic E-state index is 11.6. The summed E-state index contributed by atoms with van der Waals surface area (Å²) in [5, 5.41) is 13.1. The van der Waals surface area contributed by atoms with Crippen LogP contribution in [0.4, 0.5) is 5.82 Å². The van der Waals surface area contributed by atoms with E-state index in [1.165, 1.54) is 6.20 Å². The first-order chi connectivity index (χ1) is 8.17. The number of aromatic nitrogens is 1. The Hall–Kier alpha value is -1.75. The van der Waals surface area contributed by atoms with Crippen LogP contribution in [-0.2, 0) is 16.0 Å². The van der Waals surface area contributed by atoms with Crippen LogP contribution in [-0.4, -0.2) is 22.2 Å². The summed E-state index contributed by atoms with van der Waals surface area (Å²) in [6, 6.07) is 1.95. The lowest BCUT2D eigenvalue weighted by Crippen LogP contribution is -2.24. The number of aliphatic hydroxyl groups is 1. The van der Waals surface area contributed by atoms with E-state index in [4.69, 9.17) is 4.74 Å². The Labute approximate surface area is 99.7 Å². The fraction of sp³-hybridized carbons (Fsp3) is 0.417. The predicted molar refractivity (Wildman–Crippen MR) is 63.4 cm³/mol. The summed E-state index contributed by atoms with van der Waals surface area (Å²) in [5.41, 5.74) is 1.32. The summed E-state index contributed by atoms with van der Waals surface area (Å²) in [5.74, 6) is 0.285. The van der Waals surface area contributed by atoms with Crippen molar-refractivity contribution in [1.29, 1.82) is 0 Å². The fourth-order valence-corrected chi connectivity index (χ4v) is 1.80. The quantitative estimate of drug-likeness (QED) is 0.779. The SMILES string of the molecule is CCOC(=O)C1=CNc2cc(CC)cn2C1O. The number of aliphatic hydroxyl groups excluding tert-OH is 1. The first-order valence-corrected chi connectivity index (χ1v) is 5.69. The van der Waals surface area contributed by atoms with Crippen LogP contribution < -0.4 is 5.32 Å². The number of esters is 1. The molecule has 0 saturated carbocycles. The van der Waals surface area contributed by atoms with E-state index in [9.17, 15) is 9.90 Å². The minimum atomic E-state index is -0.981. The summed E-state index contributed by atoms with van der Waals surface area (Å²) < 4.78 is 6.51. The van der Waals surface area contributed by atoms with Gasteiger partial charge in [0.05, 0.1) is 6.61 Å². The van der Waals surface area contributed by atoms with Gasteiger partial charge in [-0.15, -0.1) is 0 Å². The van der Waals surface area contributed by atoms with E-state index in [0.29, 0.717) is 6.61 Å². The first-order valence-electron chi connectivity index (χ1n) is 5.69. The van der Waals surface area contributed by atoms with Crippen LogP contribution in [0.1, 0.15) is 25.6 Å². The molecule has 1 atom stereocenters. The van der Waals surface area contributed by atoms with Crippen LogP contribution in [0.2, 0.25) is 0 Å². The summed E-state index contributed by atoms with van der Waals surface area (Å²) in [7, 11) is 0. The number of anilines is 1. The van der Waals surface area contributed by atoms with Gasteiger partial charge in [0.15, 0.2) is 6.23 Å². The molecule has 92 valence electrons. The second-order valence-electron chi connectivity index (χ2n) is 3.83. The topological polar surface area (TPSA) is 63.5 Å². The van der Waals surface area contributed by atoms with Gasteiger partial charge in [0.25, 0.3) is 0 Å². The molecule has 0 bridgehead atoms. The Morgan fingerprint density at radius 1 is 1.59 bits per heavy atom. The highest BCUT2D eigenvalue weighted by Crippen LogP contribution is 2.28. The average molecular weight is 236 g/mol. The van der Waals surface area contributed by atoms with Crippen molar-refractivity contribution < 1.29 is 14.6 Å². The minimum absolute atomic E-state index is 0.220. The molecule has 0 radical (unpaired) electrons. The number of rotatable bonds is 3. The number of hydrogen-bond acceptors (Lipinski definition) is 4. The van der Waals surface area contributed by atoms with E-state index in [1.807, 2.05) is 19.2 Å². The van der Waals surface area contributed by atoms with Gasteiger partial charge in [0.2, 0.25) is 0 Å². The van der Waals surface area contributed by atoms with Crippen molar-refractivity contribution in [3.8, 4) is 0 Å². The van der Waals surface area contributed by atoms with Gasteiger partial charge in [-0.05, 0) is 25.0 Å². The maximum atomic E-state index is 11.6. The van der Waals surface area contributed by atoms with Crippen molar-refractivity contribution in [3.63, 3.8) is 0 Å². The Morgan fingerprint density at radius 2 is 2.35 bits per heavy atom. The van der Waals surface area contributed by atoms with Crippen LogP contribution in [0.25, 0.3) is 0 Å². The molecular weight excluding hydrogens is 220 g/mol. The monoisotopic (exact) mass is 236 g/mol. The lowest BCUT2D eigenvalue weighted by Gasteiger charge is -2.22. The second kappa shape index (κ2) is 4.63. The molecule has 2 heterocycles. The van der Waals surface area contributed by atoms with E-state index in [2.05, 4.69) is 5.32 Å². The van der Waals surface area contributed by atoms with Crippen LogP contribution in [0.15, 0.2) is 24.0 Å². The van der Waals surface area contributed by atoms with E-state index in [1.54, 1.807) is 11.5 Å². The van der Waals surface area contributed by atoms with Gasteiger partial charge in [-0.25, -0.2) is 4.79 Å². The molecule has 1 aliphatic rings. The normalized spacial score (nSPS) is 18.1. The van der Waals surface area contributed by atoms with Crippen molar-refractivity contribution in [1.82, 2.24) is 4.57 Å². The second-order valence-corrected chi connectivity index (χ2v) is 3.83. The highest BCUT2D eigenvalue weighted by Gasteiger charge is 2.26. The third-order valence-electron chi connectivity index (χ3n) is 2.74. The minimum Gasteiger partial charge on any atom is -0.462 e. The molecule has 0 amide bonds. The number of ether oxygens (including phenoxy) is 1. The molecule has 5 heteroatoms. The number of nitrogens with zero attached hydrogens (tertiary/aromatic N) is 1. The van der Waals surface area contributed by atoms with Gasteiger partial charge < -0.3 is 19.7 Å². The predicted octanol–water partition coefficient (Wildman–Crippen LogP) is 1.41. The fourth-order valence-electron chi connectivity index (χ4n) is 1.80. The molecule has 0 saturated heterocycles. The van der Waals surface area contributed by atoms with Crippen molar-refractivity contribution in [2.45, 2.75) is 26.5 Å². The molecule has 1 aromatic heterocycles. The number of carbonyl (C=O) groups is 1. The molecule has 0 aromatic carbocycles. The van der Waals surface area contributed by atoms with Gasteiger partial charge in [0, 0.05) is 12.4 Å². The van der Waals surface area contributed by atoms with Crippen molar-refractivity contribution in [3.05, 3.63) is 29.6 Å². The molecule has 1 aliphatic heterocycles. The zero-order valence-corrected chi connectivity index (χ0v) is 9.93. The third-order valence-corrected chi connectivity index (χ3v) is 2.74. The highest BCUT2D eigenvalue weighted by atomic mass is 16.5. The molecule has 1 unspecified atom stereocenters. The molecule has 1 aromatic rings. The van der Waals surface area contributed by atoms with Crippen LogP contribution >= 0.6 is 0 Å². The molecule has 2 rings (SSSR count). The van der Waals surface area contributed by atoms with Crippen molar-refractivity contribution in [2.75, 3.05) is 11.9 Å². The number of hydrogen-bond donors (Lipinski definition) is 2. The van der Waals surface area contributed by atoms with E-state index < -0.39 is 12.2 Å². The summed E-state index contributed by atoms with van der Waals surface area (Å²) in [6.07, 6.45) is 3.23. The average Bonchev–Trinajstić information content (AvgIpc) is 2.73. The van der Waals surface area contributed by atoms with Crippen molar-refractivity contribution >= 4 is 11.8 Å². The number of fused-ring (bicyclic) bond motifs is 1. The molecule has 0 spiro atoms. The van der Waals surface area contributed by atoms with E-state index in [-0.39, 0.29) is 5.57 Å². The van der Waals surface area contributed by atoms with Crippen molar-refractivity contribution in [2.24, 2.45) is 0 Å². The lowest BCUT2D eigenvalue weighted by atomic mass is 10.2. The van der Waals surface area contributed by atoms with Gasteiger partial charge in [-0.1, -0.05) is 6.92 Å². The zero-order chi connectivity index (χ0) is 12.4. The maximum Gasteiger partial charge on any atom is 0.340 e. The molecule has 17 heavy (non-hydrogen) atoms. The Balaban J connectivity index is 2.25. The standard InChI is InChI=1S/C12H16N2O3/c1-3-8-5-10-13-6-9(12(16)17-4-2)11(15)14(10)7-8/h5-7,11,13,15H,3-4H2,1-2H3. The molecule has 2 N–H and O–H groups in total. The summed E-state index contributed by atoms with van der Waals surface area (Å²) in [6.45, 7) is 4.06. The number of aryl methyl sites for hydroxylation is 1. The van der Waals surface area contributed by atoms with Crippen LogP contribution in [0, 0.1) is 0 Å². The molecule has 0 fully saturated rings. The smallest absolute Gasteiger partial charge is 0.340 e. The Morgan fingerprint density at radius 3 is 3.00 bits per heavy atom. The van der Waals surface area contributed by atoms with E-state index in [0.717, 1.165) is 17.8 Å². The van der Waals surface area contributed by atoms with Gasteiger partial charge in [0.1, 0.15) is 11.4 Å². The highest BCUT2D eigenvalue weighted by molar-refractivity contribution is 5.90. The zero-order valence-electron chi connectivity index (χ0n) is 9.93. The summed E-state index contributed by atoms with van der Waals surface area (Å²) in [4.78, 5) is 11.6. The van der Waals surface area contributed by atoms with Crippen LogP contribution in [0.5, 0.6) is 0 Å². The number of carbonyl (C=O) groups excluding carboxylic acids is 1. The molecular formula is C12H16N2O3. The molecule has 5 nitrogen and oxygen atoms in total.